The topological polar surface area (TPSA) is 86.8 Å². The molecule has 0 radical (unpaired) electrons. The molecule has 120 valence electrons. The Morgan fingerprint density at radius 2 is 1.95 bits per heavy atom. The Bertz CT molecular complexity index is 530. The lowest BCUT2D eigenvalue weighted by Gasteiger charge is -2.33. The van der Waals surface area contributed by atoms with Crippen LogP contribution in [0.15, 0.2) is 24.3 Å². The molecule has 5 heteroatoms. The van der Waals surface area contributed by atoms with Gasteiger partial charge in [0.1, 0.15) is 5.75 Å². The van der Waals surface area contributed by atoms with Crippen LogP contribution in [0.3, 0.4) is 0 Å². The number of phenolic OH excluding ortho intramolecular Hbond substituents is 1. The number of carbonyl (C=O) groups excluding carboxylic acids is 1. The lowest BCUT2D eigenvalue weighted by atomic mass is 9.89. The van der Waals surface area contributed by atoms with E-state index in [2.05, 4.69) is 0 Å². The number of aliphatic hydroxyl groups excluding tert-OH is 1. The maximum absolute atomic E-state index is 12.5. The molecule has 2 aliphatic rings. The van der Waals surface area contributed by atoms with Gasteiger partial charge in [0.25, 0.3) is 0 Å². The molecule has 0 spiro atoms. The van der Waals surface area contributed by atoms with Gasteiger partial charge < -0.3 is 20.8 Å². The monoisotopic (exact) mass is 304 g/mol. The third kappa shape index (κ3) is 3.10. The number of benzene rings is 1. The van der Waals surface area contributed by atoms with Crippen molar-refractivity contribution in [2.24, 2.45) is 11.7 Å². The molecule has 1 aromatic rings. The minimum atomic E-state index is -0.543. The summed E-state index contributed by atoms with van der Waals surface area (Å²) in [6.07, 6.45) is 2.37. The van der Waals surface area contributed by atoms with Gasteiger partial charge in [-0.25, -0.2) is 0 Å². The summed E-state index contributed by atoms with van der Waals surface area (Å²) >= 11 is 0. The normalized spacial score (nSPS) is 29.7. The van der Waals surface area contributed by atoms with Crippen LogP contribution in [0.5, 0.6) is 5.75 Å². The first-order chi connectivity index (χ1) is 10.5. The fraction of sp³-hybridized carbons (Fsp3) is 0.588. The predicted molar refractivity (Wildman–Crippen MR) is 83.4 cm³/mol. The summed E-state index contributed by atoms with van der Waals surface area (Å²) in [5.74, 6) is 0.709. The van der Waals surface area contributed by atoms with Gasteiger partial charge in [0, 0.05) is 25.0 Å². The number of aliphatic hydroxyl groups is 1. The number of hydrogen-bond acceptors (Lipinski definition) is 4. The molecule has 3 atom stereocenters. The molecule has 1 saturated carbocycles. The fourth-order valence-corrected chi connectivity index (χ4v) is 3.72. The van der Waals surface area contributed by atoms with Crippen molar-refractivity contribution in [2.45, 2.75) is 43.7 Å². The number of rotatable bonds is 2. The van der Waals surface area contributed by atoms with E-state index in [1.165, 1.54) is 0 Å². The highest BCUT2D eigenvalue weighted by molar-refractivity contribution is 5.79. The van der Waals surface area contributed by atoms with Crippen LogP contribution in [-0.2, 0) is 4.79 Å². The molecule has 1 aliphatic carbocycles. The Labute approximate surface area is 130 Å². The van der Waals surface area contributed by atoms with Crippen molar-refractivity contribution in [3.05, 3.63) is 29.8 Å². The second kappa shape index (κ2) is 6.26. The van der Waals surface area contributed by atoms with Crippen LogP contribution in [0.2, 0.25) is 0 Å². The highest BCUT2D eigenvalue weighted by Crippen LogP contribution is 2.32. The standard InChI is InChI=1S/C17H24N2O3/c18-15-9-13(10-16(15)21)17(22)19-6-4-11(5-7-19)12-2-1-3-14(20)8-12/h1-3,8,11,13,15-16,20-21H,4-7,9-10,18H2/t13-,15-,16-/m0/s1. The van der Waals surface area contributed by atoms with Crippen molar-refractivity contribution < 1.29 is 15.0 Å². The predicted octanol–water partition coefficient (Wildman–Crippen LogP) is 1.20. The summed E-state index contributed by atoms with van der Waals surface area (Å²) in [6.45, 7) is 1.47. The van der Waals surface area contributed by atoms with Gasteiger partial charge in [-0.3, -0.25) is 4.79 Å². The molecule has 3 rings (SSSR count). The molecule has 0 unspecified atom stereocenters. The van der Waals surface area contributed by atoms with Crippen LogP contribution in [0.4, 0.5) is 0 Å². The van der Waals surface area contributed by atoms with Crippen LogP contribution in [0.1, 0.15) is 37.2 Å². The molecule has 1 aromatic carbocycles. The van der Waals surface area contributed by atoms with Crippen LogP contribution in [0, 0.1) is 5.92 Å². The number of aromatic hydroxyl groups is 1. The number of nitrogens with zero attached hydrogens (tertiary/aromatic N) is 1. The largest absolute Gasteiger partial charge is 0.508 e. The zero-order chi connectivity index (χ0) is 15.7. The van der Waals surface area contributed by atoms with E-state index in [0.29, 0.717) is 24.5 Å². The Hall–Kier alpha value is -1.59. The van der Waals surface area contributed by atoms with Gasteiger partial charge in [0.05, 0.1) is 6.10 Å². The van der Waals surface area contributed by atoms with E-state index < -0.39 is 6.10 Å². The number of hydrogen-bond donors (Lipinski definition) is 3. The quantitative estimate of drug-likeness (QED) is 0.766. The number of phenols is 1. The molecule has 1 saturated heterocycles. The minimum absolute atomic E-state index is 0.123. The highest BCUT2D eigenvalue weighted by atomic mass is 16.3. The van der Waals surface area contributed by atoms with Crippen molar-refractivity contribution in [3.63, 3.8) is 0 Å². The zero-order valence-electron chi connectivity index (χ0n) is 12.7. The van der Waals surface area contributed by atoms with Crippen LogP contribution >= 0.6 is 0 Å². The van der Waals surface area contributed by atoms with E-state index in [4.69, 9.17) is 5.73 Å². The lowest BCUT2D eigenvalue weighted by molar-refractivity contribution is -0.136. The first kappa shape index (κ1) is 15.3. The molecular formula is C17H24N2O3. The van der Waals surface area contributed by atoms with Crippen LogP contribution < -0.4 is 5.73 Å². The Kier molecular flexibility index (Phi) is 4.36. The molecule has 2 fully saturated rings. The SMILES string of the molecule is N[C@H]1C[C@H](C(=O)N2CCC(c3cccc(O)c3)CC2)C[C@@H]1O. The lowest BCUT2D eigenvalue weighted by Crippen LogP contribution is -2.41. The summed E-state index contributed by atoms with van der Waals surface area (Å²) < 4.78 is 0. The molecular weight excluding hydrogens is 280 g/mol. The Morgan fingerprint density at radius 1 is 1.23 bits per heavy atom. The van der Waals surface area contributed by atoms with Gasteiger partial charge in [-0.2, -0.15) is 0 Å². The van der Waals surface area contributed by atoms with Gasteiger partial charge in [-0.05, 0) is 49.3 Å². The first-order valence-electron chi connectivity index (χ1n) is 8.06. The van der Waals surface area contributed by atoms with E-state index >= 15 is 0 Å². The third-order valence-corrected chi connectivity index (χ3v) is 5.07. The molecule has 4 N–H and O–H groups in total. The van der Waals surface area contributed by atoms with Gasteiger partial charge in [0.15, 0.2) is 0 Å². The second-order valence-electron chi connectivity index (χ2n) is 6.59. The summed E-state index contributed by atoms with van der Waals surface area (Å²) in [5, 5.41) is 19.3. The molecule has 22 heavy (non-hydrogen) atoms. The van der Waals surface area contributed by atoms with E-state index in [1.807, 2.05) is 23.1 Å². The number of amides is 1. The average Bonchev–Trinajstić information content (AvgIpc) is 2.86. The van der Waals surface area contributed by atoms with Gasteiger partial charge in [0.2, 0.25) is 5.91 Å². The minimum Gasteiger partial charge on any atom is -0.508 e. The van der Waals surface area contributed by atoms with Crippen molar-refractivity contribution in [1.82, 2.24) is 4.90 Å². The Morgan fingerprint density at radius 3 is 2.55 bits per heavy atom. The van der Waals surface area contributed by atoms with E-state index in [0.717, 1.165) is 31.5 Å². The molecule has 5 nitrogen and oxygen atoms in total. The van der Waals surface area contributed by atoms with E-state index in [-0.39, 0.29) is 17.9 Å². The zero-order valence-corrected chi connectivity index (χ0v) is 12.7. The average molecular weight is 304 g/mol. The summed E-state index contributed by atoms with van der Waals surface area (Å²) in [7, 11) is 0. The number of piperidine rings is 1. The number of carbonyl (C=O) groups is 1. The van der Waals surface area contributed by atoms with Gasteiger partial charge >= 0.3 is 0 Å². The van der Waals surface area contributed by atoms with Gasteiger partial charge in [-0.1, -0.05) is 12.1 Å². The molecule has 0 bridgehead atoms. The second-order valence-corrected chi connectivity index (χ2v) is 6.59. The van der Waals surface area contributed by atoms with Gasteiger partial charge in [-0.15, -0.1) is 0 Å². The molecule has 1 amide bonds. The first-order valence-corrected chi connectivity index (χ1v) is 8.06. The van der Waals surface area contributed by atoms with Crippen LogP contribution in [0.25, 0.3) is 0 Å². The van der Waals surface area contributed by atoms with E-state index in [1.54, 1.807) is 6.07 Å². The maximum atomic E-state index is 12.5. The van der Waals surface area contributed by atoms with E-state index in [9.17, 15) is 15.0 Å². The van der Waals surface area contributed by atoms with Crippen LogP contribution in [-0.4, -0.2) is 46.3 Å². The molecule has 0 aromatic heterocycles. The maximum Gasteiger partial charge on any atom is 0.225 e. The van der Waals surface area contributed by atoms with Crippen molar-refractivity contribution in [3.8, 4) is 5.75 Å². The third-order valence-electron chi connectivity index (χ3n) is 5.07. The summed E-state index contributed by atoms with van der Waals surface area (Å²) in [6, 6.07) is 7.13. The fourth-order valence-electron chi connectivity index (χ4n) is 3.72. The Balaban J connectivity index is 1.56. The molecule has 1 aliphatic heterocycles. The molecule has 1 heterocycles. The van der Waals surface area contributed by atoms with Crippen molar-refractivity contribution in [2.75, 3.05) is 13.1 Å². The van der Waals surface area contributed by atoms with Crippen molar-refractivity contribution in [1.29, 1.82) is 0 Å². The number of nitrogens with two attached hydrogens (primary N) is 1. The summed E-state index contributed by atoms with van der Waals surface area (Å²) in [5.41, 5.74) is 6.95. The summed E-state index contributed by atoms with van der Waals surface area (Å²) in [4.78, 5) is 14.4. The number of likely N-dealkylation sites (tertiary alicyclic amines) is 1. The van der Waals surface area contributed by atoms with Crippen molar-refractivity contribution >= 4 is 5.91 Å². The smallest absolute Gasteiger partial charge is 0.225 e. The highest BCUT2D eigenvalue weighted by Gasteiger charge is 2.37.